The van der Waals surface area contributed by atoms with Crippen LogP contribution in [-0.2, 0) is 11.2 Å². The van der Waals surface area contributed by atoms with Crippen LogP contribution in [0.25, 0.3) is 0 Å². The lowest BCUT2D eigenvalue weighted by molar-refractivity contribution is -0.132. The summed E-state index contributed by atoms with van der Waals surface area (Å²) in [6.07, 6.45) is 0.351. The number of fused-ring (bicyclic) bond motifs is 1. The van der Waals surface area contributed by atoms with E-state index in [2.05, 4.69) is 23.5 Å². The maximum atomic E-state index is 12.9. The molecule has 1 amide bonds. The van der Waals surface area contributed by atoms with E-state index in [9.17, 15) is 9.90 Å². The van der Waals surface area contributed by atoms with Crippen molar-refractivity contribution >= 4 is 5.91 Å². The summed E-state index contributed by atoms with van der Waals surface area (Å²) < 4.78 is 5.41. The molecule has 1 aliphatic rings. The lowest BCUT2D eigenvalue weighted by atomic mass is 9.88. The third-order valence-electron chi connectivity index (χ3n) is 4.73. The molecular formula is C21H26N2O3. The van der Waals surface area contributed by atoms with E-state index in [0.29, 0.717) is 13.1 Å². The summed E-state index contributed by atoms with van der Waals surface area (Å²) in [4.78, 5) is 14.8. The molecule has 3 rings (SSSR count). The normalized spacial score (nSPS) is 17.5. The summed E-state index contributed by atoms with van der Waals surface area (Å²) in [6.45, 7) is 3.00. The van der Waals surface area contributed by atoms with Crippen molar-refractivity contribution in [2.24, 2.45) is 0 Å². The van der Waals surface area contributed by atoms with Crippen LogP contribution in [0.15, 0.2) is 48.5 Å². The van der Waals surface area contributed by atoms with Gasteiger partial charge in [0.05, 0.1) is 25.8 Å². The second kappa shape index (κ2) is 8.34. The molecule has 0 aromatic heterocycles. The summed E-state index contributed by atoms with van der Waals surface area (Å²) in [5, 5.41) is 12.4. The zero-order valence-corrected chi connectivity index (χ0v) is 15.3. The topological polar surface area (TPSA) is 61.8 Å². The highest BCUT2D eigenvalue weighted by atomic mass is 16.5. The average Bonchev–Trinajstić information content (AvgIpc) is 2.66. The van der Waals surface area contributed by atoms with Crippen molar-refractivity contribution in [3.63, 3.8) is 0 Å². The van der Waals surface area contributed by atoms with Crippen molar-refractivity contribution < 1.29 is 14.6 Å². The molecule has 0 bridgehead atoms. The van der Waals surface area contributed by atoms with Crippen LogP contribution in [0.2, 0.25) is 0 Å². The van der Waals surface area contributed by atoms with Crippen molar-refractivity contribution in [3.8, 4) is 5.75 Å². The largest absolute Gasteiger partial charge is 0.497 e. The molecule has 2 aromatic carbocycles. The van der Waals surface area contributed by atoms with E-state index in [-0.39, 0.29) is 18.5 Å². The Morgan fingerprint density at radius 2 is 2.08 bits per heavy atom. The van der Waals surface area contributed by atoms with Gasteiger partial charge in [-0.25, -0.2) is 0 Å². The lowest BCUT2D eigenvalue weighted by Crippen LogP contribution is -2.45. The zero-order chi connectivity index (χ0) is 18.5. The van der Waals surface area contributed by atoms with Gasteiger partial charge in [-0.1, -0.05) is 36.4 Å². The summed E-state index contributed by atoms with van der Waals surface area (Å²) in [7, 11) is 1.66. The van der Waals surface area contributed by atoms with E-state index >= 15 is 0 Å². The summed E-state index contributed by atoms with van der Waals surface area (Å²) >= 11 is 0. The van der Waals surface area contributed by atoms with Gasteiger partial charge in [-0.05, 0) is 42.2 Å². The van der Waals surface area contributed by atoms with Crippen LogP contribution in [0.5, 0.6) is 5.75 Å². The molecule has 26 heavy (non-hydrogen) atoms. The van der Waals surface area contributed by atoms with Crippen molar-refractivity contribution in [3.05, 3.63) is 65.2 Å². The predicted octanol–water partition coefficient (Wildman–Crippen LogP) is 2.14. The number of ether oxygens (including phenoxy) is 1. The van der Waals surface area contributed by atoms with E-state index < -0.39 is 6.10 Å². The molecule has 2 atom stereocenters. The molecular weight excluding hydrogens is 328 g/mol. The quantitative estimate of drug-likeness (QED) is 0.834. The number of aliphatic hydroxyl groups is 1. The fraction of sp³-hybridized carbons (Fsp3) is 0.381. The van der Waals surface area contributed by atoms with Gasteiger partial charge in [0, 0.05) is 13.1 Å². The van der Waals surface area contributed by atoms with E-state index in [1.165, 1.54) is 5.56 Å². The summed E-state index contributed by atoms with van der Waals surface area (Å²) in [5.74, 6) is 0.833. The van der Waals surface area contributed by atoms with Crippen LogP contribution in [0.3, 0.4) is 0 Å². The van der Waals surface area contributed by atoms with Gasteiger partial charge in [0.2, 0.25) is 5.91 Å². The Balaban J connectivity index is 1.92. The Morgan fingerprint density at radius 3 is 2.77 bits per heavy atom. The third-order valence-corrected chi connectivity index (χ3v) is 4.73. The lowest BCUT2D eigenvalue weighted by Gasteiger charge is -2.38. The van der Waals surface area contributed by atoms with Crippen molar-refractivity contribution in [2.45, 2.75) is 25.5 Å². The monoisotopic (exact) mass is 354 g/mol. The van der Waals surface area contributed by atoms with Crippen LogP contribution in [0.4, 0.5) is 0 Å². The van der Waals surface area contributed by atoms with Gasteiger partial charge in [-0.3, -0.25) is 4.79 Å². The summed E-state index contributed by atoms with van der Waals surface area (Å²) in [5.41, 5.74) is 3.46. The van der Waals surface area contributed by atoms with Crippen molar-refractivity contribution in [1.29, 1.82) is 0 Å². The predicted molar refractivity (Wildman–Crippen MR) is 101 cm³/mol. The molecule has 0 radical (unpaired) electrons. The van der Waals surface area contributed by atoms with E-state index in [1.54, 1.807) is 14.0 Å². The Kier molecular flexibility index (Phi) is 5.91. The number of nitrogens with one attached hydrogen (secondary N) is 1. The number of aliphatic hydroxyl groups excluding tert-OH is 1. The van der Waals surface area contributed by atoms with Gasteiger partial charge >= 0.3 is 0 Å². The number of amides is 1. The molecule has 2 N–H and O–H groups in total. The minimum Gasteiger partial charge on any atom is -0.497 e. The van der Waals surface area contributed by atoms with Gasteiger partial charge < -0.3 is 20.1 Å². The molecule has 2 aromatic rings. The van der Waals surface area contributed by atoms with Gasteiger partial charge in [0.15, 0.2) is 0 Å². The molecule has 5 nitrogen and oxygen atoms in total. The molecule has 0 saturated carbocycles. The molecule has 0 unspecified atom stereocenters. The molecule has 1 heterocycles. The zero-order valence-electron chi connectivity index (χ0n) is 15.3. The molecule has 0 fully saturated rings. The van der Waals surface area contributed by atoms with Crippen LogP contribution >= 0.6 is 0 Å². The van der Waals surface area contributed by atoms with E-state index in [4.69, 9.17) is 4.74 Å². The first-order chi connectivity index (χ1) is 12.6. The number of methoxy groups -OCH3 is 1. The average molecular weight is 354 g/mol. The van der Waals surface area contributed by atoms with Crippen molar-refractivity contribution in [2.75, 3.05) is 26.7 Å². The minimum absolute atomic E-state index is 0.0352. The van der Waals surface area contributed by atoms with E-state index in [1.807, 2.05) is 35.2 Å². The first kappa shape index (κ1) is 18.4. The highest BCUT2D eigenvalue weighted by molar-refractivity contribution is 5.80. The maximum Gasteiger partial charge on any atom is 0.237 e. The molecule has 0 aliphatic carbocycles. The Bertz CT molecular complexity index is 746. The van der Waals surface area contributed by atoms with Gasteiger partial charge in [0.25, 0.3) is 0 Å². The van der Waals surface area contributed by atoms with Crippen molar-refractivity contribution in [1.82, 2.24) is 10.2 Å². The Hall–Kier alpha value is -2.37. The second-order valence-corrected chi connectivity index (χ2v) is 6.70. The molecule has 0 saturated heterocycles. The number of hydrogen-bond donors (Lipinski definition) is 2. The van der Waals surface area contributed by atoms with Gasteiger partial charge in [-0.15, -0.1) is 0 Å². The standard InChI is InChI=1S/C21H26N2O3/c1-15(24)13-22-14-20(25)23-11-10-16-8-9-18(26-2)12-19(16)21(23)17-6-4-3-5-7-17/h3-9,12,15,21-22,24H,10-11,13-14H2,1-2H3/t15-,21+/m1/s1. The smallest absolute Gasteiger partial charge is 0.237 e. The third kappa shape index (κ3) is 4.06. The fourth-order valence-corrected chi connectivity index (χ4v) is 3.47. The molecule has 5 heteroatoms. The highest BCUT2D eigenvalue weighted by Crippen LogP contribution is 2.37. The number of nitrogens with zero attached hydrogens (tertiary/aromatic N) is 1. The summed E-state index contributed by atoms with van der Waals surface area (Å²) in [6, 6.07) is 16.1. The van der Waals surface area contributed by atoms with Gasteiger partial charge in [-0.2, -0.15) is 0 Å². The fourth-order valence-electron chi connectivity index (χ4n) is 3.47. The van der Waals surface area contributed by atoms with Crippen LogP contribution in [-0.4, -0.2) is 48.8 Å². The first-order valence-corrected chi connectivity index (χ1v) is 9.00. The molecule has 0 spiro atoms. The van der Waals surface area contributed by atoms with Crippen LogP contribution < -0.4 is 10.1 Å². The first-order valence-electron chi connectivity index (χ1n) is 9.00. The minimum atomic E-state index is -0.473. The molecule has 138 valence electrons. The van der Waals surface area contributed by atoms with Gasteiger partial charge in [0.1, 0.15) is 5.75 Å². The van der Waals surface area contributed by atoms with Crippen LogP contribution in [0.1, 0.15) is 29.7 Å². The number of carbonyl (C=O) groups is 1. The Morgan fingerprint density at radius 1 is 1.31 bits per heavy atom. The second-order valence-electron chi connectivity index (χ2n) is 6.70. The number of carbonyl (C=O) groups excluding carboxylic acids is 1. The SMILES string of the molecule is COc1ccc2c(c1)[C@H](c1ccccc1)N(C(=O)CNC[C@@H](C)O)CC2. The molecule has 1 aliphatic heterocycles. The highest BCUT2D eigenvalue weighted by Gasteiger charge is 2.32. The maximum absolute atomic E-state index is 12.9. The number of hydrogen-bond acceptors (Lipinski definition) is 4. The van der Waals surface area contributed by atoms with E-state index in [0.717, 1.165) is 23.3 Å². The number of benzene rings is 2. The van der Waals surface area contributed by atoms with Crippen LogP contribution in [0, 0.1) is 0 Å². The Labute approximate surface area is 154 Å². The number of rotatable bonds is 6.